The number of guanidine groups is 1. The first-order valence-corrected chi connectivity index (χ1v) is 8.58. The maximum atomic E-state index is 12.0. The van der Waals surface area contributed by atoms with Crippen LogP contribution in [0.4, 0.5) is 0 Å². The zero-order valence-electron chi connectivity index (χ0n) is 15.3. The minimum atomic E-state index is -0.0321. The minimum Gasteiger partial charge on any atom is -0.352 e. The Kier molecular flexibility index (Phi) is 10.4. The van der Waals surface area contributed by atoms with E-state index in [9.17, 15) is 4.79 Å². The Balaban J connectivity index is 0.00000338. The standard InChI is InChI=1S/C20H26N4O.HI/c1-3-12-22-19(25)18-11-7-10-17(13-18)15-24-20(21-2)23-14-16-8-5-4-6-9-16;/h4-11,13H,3,12,14-15H2,1-2H3,(H,22,25)(H2,21,23,24);1H. The smallest absolute Gasteiger partial charge is 0.251 e. The van der Waals surface area contributed by atoms with Crippen molar-refractivity contribution in [1.82, 2.24) is 16.0 Å². The van der Waals surface area contributed by atoms with Crippen molar-refractivity contribution in [3.8, 4) is 0 Å². The van der Waals surface area contributed by atoms with Gasteiger partial charge in [-0.15, -0.1) is 24.0 Å². The summed E-state index contributed by atoms with van der Waals surface area (Å²) in [5.74, 6) is 0.694. The van der Waals surface area contributed by atoms with E-state index >= 15 is 0 Å². The number of nitrogens with zero attached hydrogens (tertiary/aromatic N) is 1. The van der Waals surface area contributed by atoms with Crippen molar-refractivity contribution in [3.63, 3.8) is 0 Å². The van der Waals surface area contributed by atoms with Gasteiger partial charge in [0.15, 0.2) is 5.96 Å². The summed E-state index contributed by atoms with van der Waals surface area (Å²) in [4.78, 5) is 16.3. The predicted molar refractivity (Wildman–Crippen MR) is 118 cm³/mol. The summed E-state index contributed by atoms with van der Waals surface area (Å²) in [5, 5.41) is 9.45. The molecule has 0 spiro atoms. The number of halogens is 1. The lowest BCUT2D eigenvalue weighted by Gasteiger charge is -2.12. The lowest BCUT2D eigenvalue weighted by atomic mass is 10.1. The first kappa shape index (κ1) is 22.0. The van der Waals surface area contributed by atoms with Crippen LogP contribution in [0.1, 0.15) is 34.8 Å². The highest BCUT2D eigenvalue weighted by atomic mass is 127. The molecule has 0 radical (unpaired) electrons. The summed E-state index contributed by atoms with van der Waals surface area (Å²) in [5.41, 5.74) is 2.91. The summed E-state index contributed by atoms with van der Waals surface area (Å²) in [6.07, 6.45) is 0.927. The van der Waals surface area contributed by atoms with Gasteiger partial charge < -0.3 is 16.0 Å². The van der Waals surface area contributed by atoms with Crippen LogP contribution in [-0.4, -0.2) is 25.5 Å². The lowest BCUT2D eigenvalue weighted by molar-refractivity contribution is 0.0953. The maximum absolute atomic E-state index is 12.0. The van der Waals surface area contributed by atoms with Gasteiger partial charge in [-0.25, -0.2) is 0 Å². The third-order valence-electron chi connectivity index (χ3n) is 3.71. The minimum absolute atomic E-state index is 0. The van der Waals surface area contributed by atoms with Crippen molar-refractivity contribution in [2.24, 2.45) is 4.99 Å². The Bertz CT molecular complexity index is 704. The number of aliphatic imine (C=N–C) groups is 1. The van der Waals surface area contributed by atoms with Gasteiger partial charge in [0.1, 0.15) is 0 Å². The molecule has 140 valence electrons. The van der Waals surface area contributed by atoms with Gasteiger partial charge in [0, 0.05) is 32.2 Å². The van der Waals surface area contributed by atoms with Gasteiger partial charge in [0.25, 0.3) is 5.91 Å². The third-order valence-corrected chi connectivity index (χ3v) is 3.71. The molecule has 0 heterocycles. The molecule has 0 aliphatic carbocycles. The van der Waals surface area contributed by atoms with Crippen LogP contribution in [0, 0.1) is 0 Å². The summed E-state index contributed by atoms with van der Waals surface area (Å²) in [7, 11) is 1.74. The fraction of sp³-hybridized carbons (Fsp3) is 0.300. The van der Waals surface area contributed by atoms with E-state index in [1.54, 1.807) is 7.05 Å². The van der Waals surface area contributed by atoms with Crippen LogP contribution in [0.25, 0.3) is 0 Å². The number of nitrogens with one attached hydrogen (secondary N) is 3. The third kappa shape index (κ3) is 7.43. The van der Waals surface area contributed by atoms with E-state index in [1.807, 2.05) is 49.4 Å². The second-order valence-corrected chi connectivity index (χ2v) is 5.72. The van der Waals surface area contributed by atoms with Gasteiger partial charge in [-0.2, -0.15) is 0 Å². The van der Waals surface area contributed by atoms with E-state index in [1.165, 1.54) is 5.56 Å². The number of carbonyl (C=O) groups excluding carboxylic acids is 1. The van der Waals surface area contributed by atoms with Crippen molar-refractivity contribution >= 4 is 35.8 Å². The fourth-order valence-electron chi connectivity index (χ4n) is 2.35. The Morgan fingerprint density at radius 2 is 1.58 bits per heavy atom. The molecule has 0 aliphatic heterocycles. The second kappa shape index (κ2) is 12.3. The Hall–Kier alpha value is -2.09. The molecule has 1 amide bonds. The highest BCUT2D eigenvalue weighted by molar-refractivity contribution is 14.0. The largest absolute Gasteiger partial charge is 0.352 e. The second-order valence-electron chi connectivity index (χ2n) is 5.72. The van der Waals surface area contributed by atoms with E-state index in [0.717, 1.165) is 17.9 Å². The fourth-order valence-corrected chi connectivity index (χ4v) is 2.35. The number of benzene rings is 2. The van der Waals surface area contributed by atoms with Crippen molar-refractivity contribution in [1.29, 1.82) is 0 Å². The van der Waals surface area contributed by atoms with Crippen LogP contribution in [0.2, 0.25) is 0 Å². The molecule has 2 rings (SSSR count). The monoisotopic (exact) mass is 466 g/mol. The average molecular weight is 466 g/mol. The molecule has 0 fully saturated rings. The van der Waals surface area contributed by atoms with E-state index in [-0.39, 0.29) is 29.9 Å². The van der Waals surface area contributed by atoms with E-state index in [2.05, 4.69) is 33.1 Å². The van der Waals surface area contributed by atoms with Gasteiger partial charge >= 0.3 is 0 Å². The molecule has 2 aromatic rings. The van der Waals surface area contributed by atoms with Gasteiger partial charge in [-0.05, 0) is 29.7 Å². The molecule has 0 saturated carbocycles. The highest BCUT2D eigenvalue weighted by Crippen LogP contribution is 2.05. The van der Waals surface area contributed by atoms with Crippen LogP contribution in [0.3, 0.4) is 0 Å². The highest BCUT2D eigenvalue weighted by Gasteiger charge is 2.05. The van der Waals surface area contributed by atoms with E-state index < -0.39 is 0 Å². The van der Waals surface area contributed by atoms with Crippen LogP contribution in [0.5, 0.6) is 0 Å². The first-order valence-electron chi connectivity index (χ1n) is 8.58. The molecule has 3 N–H and O–H groups in total. The number of hydrogen-bond donors (Lipinski definition) is 3. The molecule has 0 bridgehead atoms. The van der Waals surface area contributed by atoms with Gasteiger partial charge in [-0.3, -0.25) is 9.79 Å². The molecule has 0 atom stereocenters. The molecule has 0 unspecified atom stereocenters. The lowest BCUT2D eigenvalue weighted by Crippen LogP contribution is -2.36. The van der Waals surface area contributed by atoms with E-state index in [4.69, 9.17) is 0 Å². The number of carbonyl (C=O) groups is 1. The van der Waals surface area contributed by atoms with Crippen molar-refractivity contribution in [3.05, 3.63) is 71.3 Å². The normalized spacial score (nSPS) is 10.6. The number of rotatable bonds is 7. The zero-order chi connectivity index (χ0) is 17.9. The summed E-state index contributed by atoms with van der Waals surface area (Å²) in [6.45, 7) is 4.04. The van der Waals surface area contributed by atoms with Crippen molar-refractivity contribution in [2.75, 3.05) is 13.6 Å². The summed E-state index contributed by atoms with van der Waals surface area (Å²) < 4.78 is 0. The molecule has 6 heteroatoms. The van der Waals surface area contributed by atoms with Gasteiger partial charge in [-0.1, -0.05) is 49.4 Å². The molecule has 2 aromatic carbocycles. The zero-order valence-corrected chi connectivity index (χ0v) is 17.6. The van der Waals surface area contributed by atoms with E-state index in [0.29, 0.717) is 25.2 Å². The van der Waals surface area contributed by atoms with Gasteiger partial charge in [0.2, 0.25) is 0 Å². The van der Waals surface area contributed by atoms with Crippen LogP contribution >= 0.6 is 24.0 Å². The Labute approximate surface area is 172 Å². The molecule has 5 nitrogen and oxygen atoms in total. The van der Waals surface area contributed by atoms with Crippen molar-refractivity contribution in [2.45, 2.75) is 26.4 Å². The van der Waals surface area contributed by atoms with Crippen LogP contribution in [0.15, 0.2) is 59.6 Å². The quantitative estimate of drug-likeness (QED) is 0.333. The number of hydrogen-bond acceptors (Lipinski definition) is 2. The summed E-state index contributed by atoms with van der Waals surface area (Å²) in [6, 6.07) is 17.8. The molecule has 0 saturated heterocycles. The van der Waals surface area contributed by atoms with Crippen LogP contribution < -0.4 is 16.0 Å². The molecule has 0 aliphatic rings. The average Bonchev–Trinajstić information content (AvgIpc) is 2.67. The first-order chi connectivity index (χ1) is 12.2. The molecule has 26 heavy (non-hydrogen) atoms. The topological polar surface area (TPSA) is 65.5 Å². The Morgan fingerprint density at radius 1 is 0.923 bits per heavy atom. The Morgan fingerprint density at radius 3 is 2.23 bits per heavy atom. The molecular formula is C20H27IN4O. The SMILES string of the molecule is CCCNC(=O)c1cccc(CNC(=NC)NCc2ccccc2)c1.I. The maximum Gasteiger partial charge on any atom is 0.251 e. The predicted octanol–water partition coefficient (Wildman–Crippen LogP) is 3.31. The van der Waals surface area contributed by atoms with Gasteiger partial charge in [0.05, 0.1) is 0 Å². The van der Waals surface area contributed by atoms with Crippen LogP contribution in [-0.2, 0) is 13.1 Å². The number of amides is 1. The summed E-state index contributed by atoms with van der Waals surface area (Å²) >= 11 is 0. The van der Waals surface area contributed by atoms with Crippen molar-refractivity contribution < 1.29 is 4.79 Å². The molecular weight excluding hydrogens is 439 g/mol. The molecule has 0 aromatic heterocycles.